The van der Waals surface area contributed by atoms with E-state index in [1.165, 1.54) is 14.0 Å². The number of nitrogens with one attached hydrogen (secondary N) is 2. The number of hydrogen-bond acceptors (Lipinski definition) is 6. The fourth-order valence-corrected chi connectivity index (χ4v) is 3.32. The molecule has 0 bridgehead atoms. The van der Waals surface area contributed by atoms with E-state index in [1.807, 2.05) is 42.5 Å². The van der Waals surface area contributed by atoms with Gasteiger partial charge < -0.3 is 24.8 Å². The highest BCUT2D eigenvalue weighted by atomic mass is 16.5. The van der Waals surface area contributed by atoms with E-state index in [1.54, 1.807) is 37.4 Å². The van der Waals surface area contributed by atoms with Gasteiger partial charge in [0.25, 0.3) is 11.8 Å². The summed E-state index contributed by atoms with van der Waals surface area (Å²) in [6, 6.07) is 22.1. The predicted octanol–water partition coefficient (Wildman–Crippen LogP) is 3.35. The Balaban J connectivity index is 1.44. The molecule has 0 aromatic heterocycles. The van der Waals surface area contributed by atoms with Gasteiger partial charge >= 0.3 is 5.97 Å². The molecule has 0 heterocycles. The molecule has 35 heavy (non-hydrogen) atoms. The van der Waals surface area contributed by atoms with Crippen LogP contribution in [0.5, 0.6) is 11.5 Å². The van der Waals surface area contributed by atoms with Gasteiger partial charge in [-0.25, -0.2) is 0 Å². The molecule has 3 aromatic carbocycles. The van der Waals surface area contributed by atoms with Crippen LogP contribution in [0.1, 0.15) is 22.8 Å². The lowest BCUT2D eigenvalue weighted by molar-refractivity contribution is -0.153. The van der Waals surface area contributed by atoms with Gasteiger partial charge in [0.1, 0.15) is 6.54 Å². The maximum atomic E-state index is 12.4. The lowest BCUT2D eigenvalue weighted by Crippen LogP contribution is -2.38. The van der Waals surface area contributed by atoms with Gasteiger partial charge in [-0.05, 0) is 47.9 Å². The van der Waals surface area contributed by atoms with Crippen LogP contribution >= 0.6 is 0 Å². The molecule has 3 rings (SSSR count). The fourth-order valence-electron chi connectivity index (χ4n) is 3.32. The first-order chi connectivity index (χ1) is 16.9. The number of esters is 1. The quantitative estimate of drug-likeness (QED) is 0.435. The maximum absolute atomic E-state index is 12.4. The Labute approximate surface area is 204 Å². The summed E-state index contributed by atoms with van der Waals surface area (Å²) in [6.45, 7) is 1.33. The maximum Gasteiger partial charge on any atom is 0.326 e. The average molecular weight is 477 g/mol. The molecule has 1 atom stereocenters. The van der Waals surface area contributed by atoms with Crippen LogP contribution in [0.15, 0.2) is 72.8 Å². The molecule has 3 aromatic rings. The smallest absolute Gasteiger partial charge is 0.326 e. The van der Waals surface area contributed by atoms with Crippen LogP contribution in [0.4, 0.5) is 0 Å². The molecular weight excluding hydrogens is 448 g/mol. The zero-order valence-corrected chi connectivity index (χ0v) is 19.9. The highest BCUT2D eigenvalue weighted by molar-refractivity contribution is 5.96. The van der Waals surface area contributed by atoms with Gasteiger partial charge in [-0.1, -0.05) is 48.5 Å². The first kappa shape index (κ1) is 25.3. The zero-order chi connectivity index (χ0) is 25.2. The number of methoxy groups -OCH3 is 2. The molecule has 0 aliphatic heterocycles. The van der Waals surface area contributed by atoms with E-state index in [0.29, 0.717) is 17.1 Å². The summed E-state index contributed by atoms with van der Waals surface area (Å²) < 4.78 is 15.6. The van der Waals surface area contributed by atoms with Crippen LogP contribution in [-0.4, -0.2) is 44.7 Å². The van der Waals surface area contributed by atoms with Crippen molar-refractivity contribution < 1.29 is 28.6 Å². The molecular formula is C27H28N2O6. The Kier molecular flexibility index (Phi) is 8.83. The molecule has 8 nitrogen and oxygen atoms in total. The molecule has 0 saturated heterocycles. The number of benzene rings is 3. The largest absolute Gasteiger partial charge is 0.493 e. The van der Waals surface area contributed by atoms with Crippen molar-refractivity contribution in [3.63, 3.8) is 0 Å². The number of rotatable bonds is 10. The molecule has 8 heteroatoms. The Morgan fingerprint density at radius 3 is 2.11 bits per heavy atom. The van der Waals surface area contributed by atoms with E-state index < -0.39 is 23.9 Å². The fraction of sp³-hybridized carbons (Fsp3) is 0.222. The van der Waals surface area contributed by atoms with Crippen LogP contribution in [0.3, 0.4) is 0 Å². The Morgan fingerprint density at radius 2 is 1.46 bits per heavy atom. The minimum atomic E-state index is -1.02. The van der Waals surface area contributed by atoms with E-state index >= 15 is 0 Å². The highest BCUT2D eigenvalue weighted by Crippen LogP contribution is 2.27. The summed E-state index contributed by atoms with van der Waals surface area (Å²) in [4.78, 5) is 36.8. The minimum absolute atomic E-state index is 0.219. The first-order valence-corrected chi connectivity index (χ1v) is 11.0. The van der Waals surface area contributed by atoms with Gasteiger partial charge in [0, 0.05) is 12.1 Å². The Hall–Kier alpha value is -4.33. The number of ether oxygens (including phenoxy) is 3. The summed E-state index contributed by atoms with van der Waals surface area (Å²) in [7, 11) is 3.07. The minimum Gasteiger partial charge on any atom is -0.493 e. The van der Waals surface area contributed by atoms with Gasteiger partial charge in [-0.15, -0.1) is 0 Å². The normalized spacial score (nSPS) is 11.2. The number of carbonyl (C=O) groups is 3. The zero-order valence-electron chi connectivity index (χ0n) is 19.9. The second kappa shape index (κ2) is 12.2. The van der Waals surface area contributed by atoms with Crippen molar-refractivity contribution in [3.8, 4) is 22.6 Å². The number of carbonyl (C=O) groups excluding carboxylic acids is 3. The van der Waals surface area contributed by atoms with Gasteiger partial charge in [-0.2, -0.15) is 0 Å². The lowest BCUT2D eigenvalue weighted by Gasteiger charge is -2.15. The second-order valence-corrected chi connectivity index (χ2v) is 7.67. The number of amides is 2. The monoisotopic (exact) mass is 476 g/mol. The van der Waals surface area contributed by atoms with Crippen molar-refractivity contribution in [3.05, 3.63) is 83.9 Å². The van der Waals surface area contributed by atoms with E-state index in [2.05, 4.69) is 10.6 Å². The summed E-state index contributed by atoms with van der Waals surface area (Å²) in [5.74, 6) is -0.459. The highest BCUT2D eigenvalue weighted by Gasteiger charge is 2.18. The summed E-state index contributed by atoms with van der Waals surface area (Å²) >= 11 is 0. The van der Waals surface area contributed by atoms with Gasteiger partial charge in [0.15, 0.2) is 17.6 Å². The topological polar surface area (TPSA) is 103 Å². The van der Waals surface area contributed by atoms with Crippen molar-refractivity contribution in [2.45, 2.75) is 19.6 Å². The summed E-state index contributed by atoms with van der Waals surface area (Å²) in [5, 5.41) is 5.22. The van der Waals surface area contributed by atoms with Crippen molar-refractivity contribution >= 4 is 17.8 Å². The molecule has 0 spiro atoms. The van der Waals surface area contributed by atoms with Crippen molar-refractivity contribution in [2.75, 3.05) is 20.8 Å². The Bertz CT molecular complexity index is 1160. The third-order valence-corrected chi connectivity index (χ3v) is 5.24. The van der Waals surface area contributed by atoms with Crippen LogP contribution < -0.4 is 20.1 Å². The first-order valence-electron chi connectivity index (χ1n) is 11.0. The second-order valence-electron chi connectivity index (χ2n) is 7.67. The van der Waals surface area contributed by atoms with E-state index in [9.17, 15) is 14.4 Å². The average Bonchev–Trinajstić information content (AvgIpc) is 2.90. The van der Waals surface area contributed by atoms with E-state index in [0.717, 1.165) is 16.7 Å². The van der Waals surface area contributed by atoms with Gasteiger partial charge in [0.05, 0.1) is 14.2 Å². The molecule has 0 aliphatic carbocycles. The van der Waals surface area contributed by atoms with E-state index in [4.69, 9.17) is 14.2 Å². The standard InChI is InChI=1S/C27H28N2O6/c1-18(26(31)28-16-19-9-14-23(33-2)24(15-19)34-3)35-25(30)17-29-27(32)22-12-10-21(11-13-22)20-7-5-4-6-8-20/h4-15,18H,16-17H2,1-3H3,(H,28,31)(H,29,32). The third-order valence-electron chi connectivity index (χ3n) is 5.24. The molecule has 1 unspecified atom stereocenters. The van der Waals surface area contributed by atoms with Crippen molar-refractivity contribution in [2.24, 2.45) is 0 Å². The molecule has 2 N–H and O–H groups in total. The van der Waals surface area contributed by atoms with E-state index in [-0.39, 0.29) is 13.1 Å². The number of hydrogen-bond donors (Lipinski definition) is 2. The molecule has 2 amide bonds. The summed E-state index contributed by atoms with van der Waals surface area (Å²) in [6.07, 6.45) is -1.02. The van der Waals surface area contributed by atoms with Crippen LogP contribution in [0.25, 0.3) is 11.1 Å². The molecule has 0 fully saturated rings. The molecule has 0 saturated carbocycles. The Morgan fingerprint density at radius 1 is 0.800 bits per heavy atom. The van der Waals surface area contributed by atoms with Crippen molar-refractivity contribution in [1.29, 1.82) is 0 Å². The van der Waals surface area contributed by atoms with Crippen LogP contribution in [0, 0.1) is 0 Å². The molecule has 0 radical (unpaired) electrons. The third kappa shape index (κ3) is 7.07. The van der Waals surface area contributed by atoms with Crippen LogP contribution in [0.2, 0.25) is 0 Å². The summed E-state index contributed by atoms with van der Waals surface area (Å²) in [5.41, 5.74) is 3.23. The van der Waals surface area contributed by atoms with Gasteiger partial charge in [0.2, 0.25) is 0 Å². The molecule has 0 aliphatic rings. The van der Waals surface area contributed by atoms with Gasteiger partial charge in [-0.3, -0.25) is 14.4 Å². The van der Waals surface area contributed by atoms with Crippen molar-refractivity contribution in [1.82, 2.24) is 10.6 Å². The van der Waals surface area contributed by atoms with Crippen LogP contribution in [-0.2, 0) is 20.9 Å². The lowest BCUT2D eigenvalue weighted by atomic mass is 10.0. The molecule has 182 valence electrons. The SMILES string of the molecule is COc1ccc(CNC(=O)C(C)OC(=O)CNC(=O)c2ccc(-c3ccccc3)cc2)cc1OC. The predicted molar refractivity (Wildman–Crippen MR) is 131 cm³/mol.